The van der Waals surface area contributed by atoms with Crippen molar-refractivity contribution in [2.24, 2.45) is 0 Å². The summed E-state index contributed by atoms with van der Waals surface area (Å²) in [4.78, 5) is 4.64. The fraction of sp³-hybridized carbons (Fsp3) is 0.333. The highest BCUT2D eigenvalue weighted by molar-refractivity contribution is 7.80. The molecule has 5 heteroatoms. The minimum atomic E-state index is 0.547. The predicted molar refractivity (Wildman–Crippen MR) is 86.7 cm³/mol. The number of hydrogen-bond donors (Lipinski definition) is 3. The lowest BCUT2D eigenvalue weighted by Gasteiger charge is -2.13. The van der Waals surface area contributed by atoms with E-state index < -0.39 is 0 Å². The minimum absolute atomic E-state index is 0.547. The van der Waals surface area contributed by atoms with Gasteiger partial charge in [0.2, 0.25) is 0 Å². The van der Waals surface area contributed by atoms with Gasteiger partial charge in [-0.25, -0.2) is 4.98 Å². The van der Waals surface area contributed by atoms with Crippen LogP contribution in [0.5, 0.6) is 0 Å². The first-order chi connectivity index (χ1) is 9.63. The van der Waals surface area contributed by atoms with E-state index in [9.17, 15) is 0 Å². The molecule has 0 amide bonds. The van der Waals surface area contributed by atoms with Gasteiger partial charge < -0.3 is 5.32 Å². The van der Waals surface area contributed by atoms with E-state index >= 15 is 0 Å². The van der Waals surface area contributed by atoms with E-state index in [1.807, 2.05) is 6.07 Å². The molecule has 2 aromatic rings. The quantitative estimate of drug-likeness (QED) is 0.598. The van der Waals surface area contributed by atoms with Gasteiger partial charge in [-0.05, 0) is 56.1 Å². The average molecular weight is 286 g/mol. The maximum absolute atomic E-state index is 5.21. The molecule has 1 aliphatic rings. The zero-order valence-electron chi connectivity index (χ0n) is 11.7. The number of pyridine rings is 1. The second-order valence-electron chi connectivity index (χ2n) is 5.29. The molecule has 20 heavy (non-hydrogen) atoms. The highest BCUT2D eigenvalue weighted by atomic mass is 32.1. The Morgan fingerprint density at radius 1 is 1.25 bits per heavy atom. The van der Waals surface area contributed by atoms with Crippen molar-refractivity contribution < 1.29 is 0 Å². The van der Waals surface area contributed by atoms with Crippen LogP contribution in [0.1, 0.15) is 24.0 Å². The van der Waals surface area contributed by atoms with E-state index in [-0.39, 0.29) is 0 Å². The van der Waals surface area contributed by atoms with Gasteiger partial charge in [0.05, 0.1) is 5.52 Å². The molecule has 3 N–H and O–H groups in total. The van der Waals surface area contributed by atoms with Gasteiger partial charge in [0.1, 0.15) is 5.82 Å². The van der Waals surface area contributed by atoms with Gasteiger partial charge in [0, 0.05) is 11.4 Å². The van der Waals surface area contributed by atoms with Crippen molar-refractivity contribution in [1.82, 2.24) is 15.7 Å². The van der Waals surface area contributed by atoms with E-state index in [0.29, 0.717) is 11.2 Å². The monoisotopic (exact) mass is 286 g/mol. The molecule has 0 bridgehead atoms. The maximum Gasteiger partial charge on any atom is 0.185 e. The van der Waals surface area contributed by atoms with Crippen molar-refractivity contribution >= 4 is 34.1 Å². The number of nitrogens with one attached hydrogen (secondary N) is 3. The van der Waals surface area contributed by atoms with Crippen LogP contribution in [0.4, 0.5) is 5.82 Å². The summed E-state index contributed by atoms with van der Waals surface area (Å²) in [5.74, 6) is 0.782. The molecule has 0 spiro atoms. The molecule has 4 nitrogen and oxygen atoms in total. The molecular formula is C15H18N4S. The molecule has 104 valence electrons. The number of hydrazine groups is 1. The number of benzene rings is 1. The van der Waals surface area contributed by atoms with Crippen LogP contribution < -0.4 is 16.2 Å². The molecule has 1 aromatic carbocycles. The molecule has 0 atom stereocenters. The summed E-state index contributed by atoms with van der Waals surface area (Å²) in [6.45, 7) is 4.17. The zero-order valence-corrected chi connectivity index (χ0v) is 12.5. The standard InChI is InChI=1S/C15H18N4S/c1-9-4-3-5-12-10(2)8-13(17-14(9)12)18-19-15(20)16-11-6-7-11/h3-5,8,11H,6-7H2,1-2H3,(H,17,18)(H2,16,19,20). The average Bonchev–Trinajstić information content (AvgIpc) is 3.22. The molecule has 1 fully saturated rings. The van der Waals surface area contributed by atoms with Crippen molar-refractivity contribution in [3.05, 3.63) is 35.4 Å². The van der Waals surface area contributed by atoms with Crippen LogP contribution in [0.15, 0.2) is 24.3 Å². The predicted octanol–water partition coefficient (Wildman–Crippen LogP) is 2.81. The Morgan fingerprint density at radius 3 is 2.80 bits per heavy atom. The third-order valence-electron chi connectivity index (χ3n) is 3.46. The van der Waals surface area contributed by atoms with Gasteiger partial charge in [-0.3, -0.25) is 10.9 Å². The number of para-hydroxylation sites is 1. The van der Waals surface area contributed by atoms with Gasteiger partial charge in [-0.2, -0.15) is 0 Å². The Bertz CT molecular complexity index is 664. The van der Waals surface area contributed by atoms with E-state index in [4.69, 9.17) is 12.2 Å². The first-order valence-corrected chi connectivity index (χ1v) is 7.24. The first-order valence-electron chi connectivity index (χ1n) is 6.83. The third-order valence-corrected chi connectivity index (χ3v) is 3.68. The van der Waals surface area contributed by atoms with Crippen LogP contribution in [0.25, 0.3) is 10.9 Å². The van der Waals surface area contributed by atoms with Crippen molar-refractivity contribution in [3.63, 3.8) is 0 Å². The summed E-state index contributed by atoms with van der Waals surface area (Å²) in [6.07, 6.45) is 2.41. The highest BCUT2D eigenvalue weighted by Gasteiger charge is 2.21. The number of anilines is 1. The number of rotatable bonds is 3. The maximum atomic E-state index is 5.21. The molecule has 0 radical (unpaired) electrons. The SMILES string of the molecule is Cc1cc(NNC(=S)NC2CC2)nc2c(C)cccc12. The topological polar surface area (TPSA) is 49.0 Å². The first kappa shape index (κ1) is 13.1. The summed E-state index contributed by atoms with van der Waals surface area (Å²) in [5, 5.41) is 5.03. The fourth-order valence-corrected chi connectivity index (χ4v) is 2.41. The van der Waals surface area contributed by atoms with Crippen molar-refractivity contribution in [1.29, 1.82) is 0 Å². The molecule has 1 heterocycles. The second kappa shape index (κ2) is 5.25. The second-order valence-corrected chi connectivity index (χ2v) is 5.70. The lowest BCUT2D eigenvalue weighted by Crippen LogP contribution is -2.40. The van der Waals surface area contributed by atoms with Crippen molar-refractivity contribution in [2.45, 2.75) is 32.7 Å². The van der Waals surface area contributed by atoms with Gasteiger partial charge in [0.25, 0.3) is 0 Å². The third kappa shape index (κ3) is 2.82. The van der Waals surface area contributed by atoms with Gasteiger partial charge >= 0.3 is 0 Å². The number of hydrogen-bond acceptors (Lipinski definition) is 3. The van der Waals surface area contributed by atoms with Crippen molar-refractivity contribution in [2.75, 3.05) is 5.43 Å². The lowest BCUT2D eigenvalue weighted by atomic mass is 10.1. The largest absolute Gasteiger partial charge is 0.359 e. The molecule has 1 saturated carbocycles. The van der Waals surface area contributed by atoms with Gasteiger partial charge in [0.15, 0.2) is 5.11 Å². The summed E-state index contributed by atoms with van der Waals surface area (Å²) in [5.41, 5.74) is 9.46. The van der Waals surface area contributed by atoms with Crippen molar-refractivity contribution in [3.8, 4) is 0 Å². The van der Waals surface area contributed by atoms with Crippen LogP contribution >= 0.6 is 12.2 Å². The van der Waals surface area contributed by atoms with E-state index in [0.717, 1.165) is 11.3 Å². The van der Waals surface area contributed by atoms with Gasteiger partial charge in [-0.15, -0.1) is 0 Å². The summed E-state index contributed by atoms with van der Waals surface area (Å²) < 4.78 is 0. The molecule has 0 saturated heterocycles. The van der Waals surface area contributed by atoms with Gasteiger partial charge in [-0.1, -0.05) is 18.2 Å². The number of nitrogens with zero attached hydrogens (tertiary/aromatic N) is 1. The Labute approximate surface area is 123 Å². The zero-order chi connectivity index (χ0) is 14.1. The number of aryl methyl sites for hydroxylation is 2. The Balaban J connectivity index is 1.77. The number of fused-ring (bicyclic) bond motifs is 1. The minimum Gasteiger partial charge on any atom is -0.359 e. The van der Waals surface area contributed by atoms with E-state index in [2.05, 4.69) is 53.2 Å². The number of aromatic nitrogens is 1. The molecule has 3 rings (SSSR count). The molecular weight excluding hydrogens is 268 g/mol. The summed E-state index contributed by atoms with van der Waals surface area (Å²) in [6, 6.07) is 8.80. The van der Waals surface area contributed by atoms with Crippen LogP contribution in [0.3, 0.4) is 0 Å². The molecule has 1 aromatic heterocycles. The lowest BCUT2D eigenvalue weighted by molar-refractivity contribution is 0.878. The summed E-state index contributed by atoms with van der Waals surface area (Å²) in [7, 11) is 0. The molecule has 1 aliphatic carbocycles. The van der Waals surface area contributed by atoms with Crippen LogP contribution in [-0.2, 0) is 0 Å². The fourth-order valence-electron chi connectivity index (χ4n) is 2.20. The smallest absolute Gasteiger partial charge is 0.185 e. The Hall–Kier alpha value is -1.88. The van der Waals surface area contributed by atoms with E-state index in [1.54, 1.807) is 0 Å². The molecule has 0 unspecified atom stereocenters. The normalized spacial score (nSPS) is 14.1. The van der Waals surface area contributed by atoms with Crippen LogP contribution in [-0.4, -0.2) is 16.1 Å². The van der Waals surface area contributed by atoms with Crippen LogP contribution in [0, 0.1) is 13.8 Å². The molecule has 0 aliphatic heterocycles. The van der Waals surface area contributed by atoms with Crippen LogP contribution in [0.2, 0.25) is 0 Å². The summed E-state index contributed by atoms with van der Waals surface area (Å²) >= 11 is 5.21. The van der Waals surface area contributed by atoms with E-state index in [1.165, 1.54) is 29.4 Å². The Morgan fingerprint density at radius 2 is 2.05 bits per heavy atom. The highest BCUT2D eigenvalue weighted by Crippen LogP contribution is 2.22. The number of thiocarbonyl (C=S) groups is 1. The Kier molecular flexibility index (Phi) is 3.44.